The van der Waals surface area contributed by atoms with Crippen LogP contribution in [0.1, 0.15) is 76.7 Å². The molecule has 0 aliphatic heterocycles. The SMILES string of the molecule is CC(C(=O)NCc1ccccc1)C1(CC(=O)NC2C3CC4CC(C3)CC2C4)CCCC1. The van der Waals surface area contributed by atoms with Gasteiger partial charge in [0.05, 0.1) is 0 Å². The first-order valence-electron chi connectivity index (χ1n) is 12.6. The molecule has 31 heavy (non-hydrogen) atoms. The fraction of sp³-hybridized carbons (Fsp3) is 0.704. The standard InChI is InChI=1S/C27H38N2O2/c1-18(26(31)28-17-19-7-3-2-4-8-19)27(9-5-6-10-27)16-24(30)29-25-22-12-20-11-21(14-22)15-23(25)13-20/h2-4,7-8,18,20-23,25H,5-6,9-17H2,1H3,(H,28,31)(H,29,30). The Morgan fingerprint density at radius 2 is 1.58 bits per heavy atom. The van der Waals surface area contributed by atoms with Gasteiger partial charge >= 0.3 is 0 Å². The van der Waals surface area contributed by atoms with Crippen molar-refractivity contribution in [2.45, 2.75) is 83.7 Å². The molecule has 0 spiro atoms. The molecule has 0 heterocycles. The topological polar surface area (TPSA) is 58.2 Å². The molecular weight excluding hydrogens is 384 g/mol. The molecule has 6 rings (SSSR count). The van der Waals surface area contributed by atoms with Crippen LogP contribution in [0.3, 0.4) is 0 Å². The monoisotopic (exact) mass is 422 g/mol. The summed E-state index contributed by atoms with van der Waals surface area (Å²) in [4.78, 5) is 26.3. The Balaban J connectivity index is 1.20. The Morgan fingerprint density at radius 1 is 0.968 bits per heavy atom. The summed E-state index contributed by atoms with van der Waals surface area (Å²) in [6.45, 7) is 2.60. The molecule has 1 aromatic carbocycles. The van der Waals surface area contributed by atoms with Crippen LogP contribution in [-0.4, -0.2) is 17.9 Å². The average molecular weight is 423 g/mol. The van der Waals surface area contributed by atoms with E-state index in [4.69, 9.17) is 0 Å². The smallest absolute Gasteiger partial charge is 0.223 e. The number of nitrogens with one attached hydrogen (secondary N) is 2. The third-order valence-electron chi connectivity index (χ3n) is 9.29. The van der Waals surface area contributed by atoms with Crippen LogP contribution in [0.25, 0.3) is 0 Å². The Bertz CT molecular complexity index is 771. The Hall–Kier alpha value is -1.84. The van der Waals surface area contributed by atoms with Gasteiger partial charge in [0.2, 0.25) is 11.8 Å². The lowest BCUT2D eigenvalue weighted by Gasteiger charge is -2.54. The number of rotatable bonds is 7. The zero-order valence-electron chi connectivity index (χ0n) is 18.9. The fourth-order valence-corrected chi connectivity index (χ4v) is 7.78. The molecule has 4 nitrogen and oxygen atoms in total. The lowest BCUT2D eigenvalue weighted by molar-refractivity contribution is -0.133. The maximum atomic E-state index is 13.3. The van der Waals surface area contributed by atoms with Gasteiger partial charge < -0.3 is 10.6 Å². The van der Waals surface area contributed by atoms with Crippen LogP contribution in [0.5, 0.6) is 0 Å². The second kappa shape index (κ2) is 8.60. The van der Waals surface area contributed by atoms with E-state index >= 15 is 0 Å². The van der Waals surface area contributed by atoms with Gasteiger partial charge in [-0.05, 0) is 79.6 Å². The molecule has 4 bridgehead atoms. The molecule has 0 saturated heterocycles. The molecule has 5 saturated carbocycles. The van der Waals surface area contributed by atoms with Gasteiger partial charge in [-0.3, -0.25) is 9.59 Å². The summed E-state index contributed by atoms with van der Waals surface area (Å²) in [6, 6.07) is 10.4. The third kappa shape index (κ3) is 4.27. The molecule has 168 valence electrons. The highest BCUT2D eigenvalue weighted by Crippen LogP contribution is 2.54. The van der Waals surface area contributed by atoms with Crippen LogP contribution in [0.15, 0.2) is 30.3 Å². The summed E-state index contributed by atoms with van der Waals surface area (Å²) in [7, 11) is 0. The molecular formula is C27H38N2O2. The van der Waals surface area contributed by atoms with Crippen molar-refractivity contribution in [3.05, 3.63) is 35.9 Å². The van der Waals surface area contributed by atoms with E-state index in [0.29, 0.717) is 30.8 Å². The Kier molecular flexibility index (Phi) is 5.83. The van der Waals surface area contributed by atoms with Gasteiger partial charge in [-0.2, -0.15) is 0 Å². The number of carbonyl (C=O) groups is 2. The first-order chi connectivity index (χ1) is 15.0. The lowest BCUT2D eigenvalue weighted by atomic mass is 9.54. The normalized spacial score (nSPS) is 33.8. The van der Waals surface area contributed by atoms with Gasteiger partial charge in [-0.1, -0.05) is 50.1 Å². The molecule has 1 aromatic rings. The van der Waals surface area contributed by atoms with Gasteiger partial charge in [0, 0.05) is 24.9 Å². The van der Waals surface area contributed by atoms with Crippen molar-refractivity contribution in [3.8, 4) is 0 Å². The number of hydrogen-bond acceptors (Lipinski definition) is 2. The molecule has 5 aliphatic rings. The largest absolute Gasteiger partial charge is 0.353 e. The second-order valence-electron chi connectivity index (χ2n) is 11.2. The second-order valence-corrected chi connectivity index (χ2v) is 11.2. The predicted octanol–water partition coefficient (Wildman–Crippen LogP) is 4.83. The van der Waals surface area contributed by atoms with Crippen LogP contribution in [0.2, 0.25) is 0 Å². The predicted molar refractivity (Wildman–Crippen MR) is 122 cm³/mol. The van der Waals surface area contributed by atoms with Gasteiger partial charge in [0.25, 0.3) is 0 Å². The van der Waals surface area contributed by atoms with Gasteiger partial charge in [-0.25, -0.2) is 0 Å². The van der Waals surface area contributed by atoms with E-state index in [-0.39, 0.29) is 23.1 Å². The van der Waals surface area contributed by atoms with Crippen molar-refractivity contribution in [1.82, 2.24) is 10.6 Å². The minimum Gasteiger partial charge on any atom is -0.353 e. The van der Waals surface area contributed by atoms with E-state index in [1.54, 1.807) is 0 Å². The highest BCUT2D eigenvalue weighted by molar-refractivity contribution is 5.82. The van der Waals surface area contributed by atoms with Crippen molar-refractivity contribution in [1.29, 1.82) is 0 Å². The van der Waals surface area contributed by atoms with Gasteiger partial charge in [0.15, 0.2) is 0 Å². The van der Waals surface area contributed by atoms with E-state index in [0.717, 1.165) is 43.1 Å². The number of amides is 2. The van der Waals surface area contributed by atoms with Crippen LogP contribution in [-0.2, 0) is 16.1 Å². The minimum absolute atomic E-state index is 0.0909. The molecule has 1 atom stereocenters. The maximum Gasteiger partial charge on any atom is 0.223 e. The highest BCUT2D eigenvalue weighted by Gasteiger charge is 2.49. The molecule has 0 aromatic heterocycles. The van der Waals surface area contributed by atoms with Crippen molar-refractivity contribution in [2.24, 2.45) is 35.0 Å². The van der Waals surface area contributed by atoms with Crippen molar-refractivity contribution < 1.29 is 9.59 Å². The van der Waals surface area contributed by atoms with E-state index in [1.165, 1.54) is 32.1 Å². The van der Waals surface area contributed by atoms with E-state index in [9.17, 15) is 9.59 Å². The van der Waals surface area contributed by atoms with Crippen molar-refractivity contribution in [3.63, 3.8) is 0 Å². The first-order valence-corrected chi connectivity index (χ1v) is 12.6. The summed E-state index contributed by atoms with van der Waals surface area (Å²) in [5.41, 5.74) is 0.930. The van der Waals surface area contributed by atoms with E-state index in [2.05, 4.69) is 10.6 Å². The summed E-state index contributed by atoms with van der Waals surface area (Å²) in [5, 5.41) is 6.62. The minimum atomic E-state index is -0.184. The van der Waals surface area contributed by atoms with E-state index < -0.39 is 0 Å². The van der Waals surface area contributed by atoms with Crippen LogP contribution >= 0.6 is 0 Å². The van der Waals surface area contributed by atoms with Crippen molar-refractivity contribution in [2.75, 3.05) is 0 Å². The Labute approximate surface area is 186 Å². The first kappa shape index (κ1) is 21.0. The van der Waals surface area contributed by atoms with Crippen LogP contribution in [0.4, 0.5) is 0 Å². The highest BCUT2D eigenvalue weighted by atomic mass is 16.2. The quantitative estimate of drug-likeness (QED) is 0.661. The number of benzene rings is 1. The molecule has 4 heteroatoms. The van der Waals surface area contributed by atoms with E-state index in [1.807, 2.05) is 37.3 Å². The number of carbonyl (C=O) groups excluding carboxylic acids is 2. The number of hydrogen-bond donors (Lipinski definition) is 2. The lowest BCUT2D eigenvalue weighted by Crippen LogP contribution is -2.56. The fourth-order valence-electron chi connectivity index (χ4n) is 7.78. The summed E-state index contributed by atoms with van der Waals surface area (Å²) in [5.74, 6) is 3.39. The molecule has 1 unspecified atom stereocenters. The molecule has 2 N–H and O–H groups in total. The average Bonchev–Trinajstić information content (AvgIpc) is 3.23. The third-order valence-corrected chi connectivity index (χ3v) is 9.29. The molecule has 0 radical (unpaired) electrons. The van der Waals surface area contributed by atoms with Crippen LogP contribution < -0.4 is 10.6 Å². The molecule has 5 fully saturated rings. The van der Waals surface area contributed by atoms with Gasteiger partial charge in [-0.15, -0.1) is 0 Å². The summed E-state index contributed by atoms with van der Waals surface area (Å²) in [6.07, 6.45) is 11.5. The van der Waals surface area contributed by atoms with Gasteiger partial charge in [0.1, 0.15) is 0 Å². The van der Waals surface area contributed by atoms with Crippen molar-refractivity contribution >= 4 is 11.8 Å². The zero-order valence-corrected chi connectivity index (χ0v) is 18.9. The summed E-state index contributed by atoms with van der Waals surface area (Å²) >= 11 is 0. The molecule has 5 aliphatic carbocycles. The Morgan fingerprint density at radius 3 is 2.19 bits per heavy atom. The molecule has 2 amide bonds. The zero-order chi connectivity index (χ0) is 21.4. The van der Waals surface area contributed by atoms with Crippen LogP contribution in [0, 0.1) is 35.0 Å². The maximum absolute atomic E-state index is 13.3. The summed E-state index contributed by atoms with van der Waals surface area (Å²) < 4.78 is 0.